The van der Waals surface area contributed by atoms with Crippen LogP contribution in [0, 0.1) is 0 Å². The summed E-state index contributed by atoms with van der Waals surface area (Å²) >= 11 is 0. The molecule has 0 aromatic carbocycles. The number of nitrogens with zero attached hydrogens (tertiary/aromatic N) is 2. The number of hydrogen-bond acceptors (Lipinski definition) is 5. The van der Waals surface area contributed by atoms with Gasteiger partial charge in [0.05, 0.1) is 12.4 Å². The Morgan fingerprint density at radius 2 is 1.96 bits per heavy atom. The van der Waals surface area contributed by atoms with Crippen LogP contribution in [0.15, 0.2) is 23.2 Å². The first-order chi connectivity index (χ1) is 10.6. The largest absolute Gasteiger partial charge is 0.461 e. The van der Waals surface area contributed by atoms with Gasteiger partial charge in [-0.3, -0.25) is 4.40 Å². The van der Waals surface area contributed by atoms with Gasteiger partial charge >= 0.3 is 12.1 Å². The third-order valence-corrected chi connectivity index (χ3v) is 4.68. The molecule has 0 aliphatic carbocycles. The Balaban J connectivity index is 2.94. The van der Waals surface area contributed by atoms with Crippen molar-refractivity contribution in [3.63, 3.8) is 0 Å². The maximum Gasteiger partial charge on any atom is 0.431 e. The van der Waals surface area contributed by atoms with Crippen molar-refractivity contribution in [1.29, 1.82) is 0 Å². The fourth-order valence-corrected chi connectivity index (χ4v) is 3.00. The van der Waals surface area contributed by atoms with Gasteiger partial charge in [0, 0.05) is 0 Å². The predicted molar refractivity (Wildman–Crippen MR) is 73.9 cm³/mol. The minimum atomic E-state index is -4.80. The van der Waals surface area contributed by atoms with Crippen LogP contribution in [0.1, 0.15) is 30.0 Å². The molecular formula is C13H13F3N2O4S. The standard InChI is InChI=1S/C13H13F3N2O4S/c1-3-22-12(19)10-11(23(20,21)4-2)17-9-7-5-6-8(18(9)10)13(14,15)16/h5-7H,3-4H2,1-2H3. The molecule has 2 aromatic rings. The molecule has 0 aliphatic heterocycles. The van der Waals surface area contributed by atoms with Crippen LogP contribution < -0.4 is 0 Å². The zero-order chi connectivity index (χ0) is 17.4. The molecule has 0 bridgehead atoms. The van der Waals surface area contributed by atoms with E-state index in [0.717, 1.165) is 12.1 Å². The minimum absolute atomic E-state index is 0.119. The first-order valence-corrected chi connectivity index (χ1v) is 8.27. The third kappa shape index (κ3) is 3.03. The zero-order valence-electron chi connectivity index (χ0n) is 12.2. The number of ether oxygens (including phenoxy) is 1. The second-order valence-corrected chi connectivity index (χ2v) is 6.69. The summed E-state index contributed by atoms with van der Waals surface area (Å²) in [5, 5.41) is -0.713. The molecule has 0 fully saturated rings. The van der Waals surface area contributed by atoms with E-state index in [1.165, 1.54) is 19.9 Å². The highest BCUT2D eigenvalue weighted by Crippen LogP contribution is 2.32. The molecule has 23 heavy (non-hydrogen) atoms. The van der Waals surface area contributed by atoms with E-state index in [4.69, 9.17) is 4.74 Å². The quantitative estimate of drug-likeness (QED) is 0.791. The van der Waals surface area contributed by atoms with E-state index >= 15 is 0 Å². The Morgan fingerprint density at radius 3 is 2.48 bits per heavy atom. The number of aromatic nitrogens is 2. The van der Waals surface area contributed by atoms with Crippen LogP contribution in [0.2, 0.25) is 0 Å². The lowest BCUT2D eigenvalue weighted by Gasteiger charge is -2.11. The van der Waals surface area contributed by atoms with Crippen molar-refractivity contribution in [2.45, 2.75) is 25.0 Å². The Bertz CT molecular complexity index is 856. The molecule has 0 saturated carbocycles. The van der Waals surface area contributed by atoms with E-state index in [0.29, 0.717) is 4.40 Å². The number of sulfone groups is 1. The summed E-state index contributed by atoms with van der Waals surface area (Å²) < 4.78 is 68.9. The minimum Gasteiger partial charge on any atom is -0.461 e. The van der Waals surface area contributed by atoms with Crippen molar-refractivity contribution in [3.05, 3.63) is 29.6 Å². The van der Waals surface area contributed by atoms with Gasteiger partial charge in [-0.2, -0.15) is 13.2 Å². The van der Waals surface area contributed by atoms with Crippen LogP contribution >= 0.6 is 0 Å². The van der Waals surface area contributed by atoms with Crippen LogP contribution in [-0.2, 0) is 20.8 Å². The topological polar surface area (TPSA) is 77.7 Å². The number of hydrogen-bond donors (Lipinski definition) is 0. The van der Waals surface area contributed by atoms with Crippen LogP contribution in [0.25, 0.3) is 5.65 Å². The summed E-state index contributed by atoms with van der Waals surface area (Å²) in [7, 11) is -4.02. The lowest BCUT2D eigenvalue weighted by Crippen LogP contribution is -2.19. The maximum atomic E-state index is 13.2. The van der Waals surface area contributed by atoms with E-state index in [1.54, 1.807) is 0 Å². The number of fused-ring (bicyclic) bond motifs is 1. The van der Waals surface area contributed by atoms with Gasteiger partial charge in [-0.05, 0) is 19.1 Å². The fourth-order valence-electron chi connectivity index (χ4n) is 2.03. The lowest BCUT2D eigenvalue weighted by atomic mass is 10.3. The summed E-state index contributed by atoms with van der Waals surface area (Å²) in [6.45, 7) is 2.64. The smallest absolute Gasteiger partial charge is 0.431 e. The average Bonchev–Trinajstić information content (AvgIpc) is 2.86. The van der Waals surface area contributed by atoms with Crippen molar-refractivity contribution in [2.24, 2.45) is 0 Å². The van der Waals surface area contributed by atoms with Gasteiger partial charge in [0.1, 0.15) is 11.3 Å². The molecule has 2 rings (SSSR count). The Labute approximate surface area is 129 Å². The summed E-state index contributed by atoms with van der Waals surface area (Å²) in [4.78, 5) is 15.8. The van der Waals surface area contributed by atoms with Crippen molar-refractivity contribution in [2.75, 3.05) is 12.4 Å². The first-order valence-electron chi connectivity index (χ1n) is 6.62. The number of halogens is 3. The molecule has 126 valence electrons. The predicted octanol–water partition coefficient (Wildman–Crippen LogP) is 2.32. The highest BCUT2D eigenvalue weighted by molar-refractivity contribution is 7.91. The molecule has 2 aromatic heterocycles. The molecular weight excluding hydrogens is 337 g/mol. The molecule has 6 nitrogen and oxygen atoms in total. The SMILES string of the molecule is CCOC(=O)c1c(S(=O)(=O)CC)nc2cccc(C(F)(F)F)n12. The van der Waals surface area contributed by atoms with Crippen molar-refractivity contribution in [3.8, 4) is 0 Å². The molecule has 0 spiro atoms. The molecule has 10 heteroatoms. The number of rotatable bonds is 4. The van der Waals surface area contributed by atoms with Crippen LogP contribution in [0.4, 0.5) is 13.2 Å². The zero-order valence-corrected chi connectivity index (χ0v) is 13.0. The molecule has 2 heterocycles. The van der Waals surface area contributed by atoms with Crippen molar-refractivity contribution < 1.29 is 31.1 Å². The molecule has 0 saturated heterocycles. The molecule has 0 N–H and O–H groups in total. The monoisotopic (exact) mass is 350 g/mol. The van der Waals surface area contributed by atoms with Crippen LogP contribution in [-0.4, -0.2) is 36.1 Å². The highest BCUT2D eigenvalue weighted by Gasteiger charge is 2.38. The van der Waals surface area contributed by atoms with Gasteiger partial charge in [-0.25, -0.2) is 18.2 Å². The second-order valence-electron chi connectivity index (χ2n) is 4.49. The van der Waals surface area contributed by atoms with Crippen molar-refractivity contribution >= 4 is 21.5 Å². The summed E-state index contributed by atoms with van der Waals surface area (Å²) in [6, 6.07) is 3.01. The second kappa shape index (κ2) is 5.84. The Kier molecular flexibility index (Phi) is 4.38. The summed E-state index contributed by atoms with van der Waals surface area (Å²) in [5.41, 5.74) is -2.24. The van der Waals surface area contributed by atoms with Crippen molar-refractivity contribution in [1.82, 2.24) is 9.38 Å². The van der Waals surface area contributed by atoms with Crippen LogP contribution in [0.3, 0.4) is 0 Å². The number of imidazole rings is 1. The number of carbonyl (C=O) groups excluding carboxylic acids is 1. The van der Waals surface area contributed by atoms with Gasteiger partial charge in [0.2, 0.25) is 0 Å². The fraction of sp³-hybridized carbons (Fsp3) is 0.385. The average molecular weight is 350 g/mol. The number of esters is 1. The summed E-state index contributed by atoms with van der Waals surface area (Å²) in [6.07, 6.45) is -4.80. The van der Waals surface area contributed by atoms with Gasteiger partial charge in [0.15, 0.2) is 20.6 Å². The molecule has 0 amide bonds. The van der Waals surface area contributed by atoms with E-state index in [9.17, 15) is 26.4 Å². The third-order valence-electron chi connectivity index (χ3n) is 3.05. The Morgan fingerprint density at radius 1 is 1.30 bits per heavy atom. The number of pyridine rings is 1. The van der Waals surface area contributed by atoms with E-state index in [-0.39, 0.29) is 12.3 Å². The van der Waals surface area contributed by atoms with E-state index in [2.05, 4.69) is 4.98 Å². The highest BCUT2D eigenvalue weighted by atomic mass is 32.2. The van der Waals surface area contributed by atoms with Gasteiger partial charge in [-0.1, -0.05) is 13.0 Å². The first kappa shape index (κ1) is 17.3. The number of carbonyl (C=O) groups is 1. The Hall–Kier alpha value is -2.10. The van der Waals surface area contributed by atoms with Gasteiger partial charge in [0.25, 0.3) is 0 Å². The van der Waals surface area contributed by atoms with E-state index < -0.39 is 44.1 Å². The number of alkyl halides is 3. The van der Waals surface area contributed by atoms with E-state index in [1.807, 2.05) is 0 Å². The lowest BCUT2D eigenvalue weighted by molar-refractivity contribution is -0.142. The molecule has 0 aliphatic rings. The normalized spacial score (nSPS) is 12.6. The maximum absolute atomic E-state index is 13.2. The van der Waals surface area contributed by atoms with Gasteiger partial charge in [-0.15, -0.1) is 0 Å². The molecule has 0 unspecified atom stereocenters. The van der Waals surface area contributed by atoms with Gasteiger partial charge < -0.3 is 4.74 Å². The molecule has 0 radical (unpaired) electrons. The summed E-state index contributed by atoms with van der Waals surface area (Å²) in [5.74, 6) is -1.59. The van der Waals surface area contributed by atoms with Crippen LogP contribution in [0.5, 0.6) is 0 Å². The molecule has 0 atom stereocenters.